The lowest BCUT2D eigenvalue weighted by Crippen LogP contribution is -2.35. The minimum absolute atomic E-state index is 0.0335. The molecule has 2 unspecified atom stereocenters. The Morgan fingerprint density at radius 3 is 2.80 bits per heavy atom. The number of fused-ring (bicyclic) bond motifs is 6. The van der Waals surface area contributed by atoms with Crippen molar-refractivity contribution in [1.29, 1.82) is 0 Å². The van der Waals surface area contributed by atoms with Crippen molar-refractivity contribution < 1.29 is 9.90 Å². The lowest BCUT2D eigenvalue weighted by Gasteiger charge is -2.32. The second-order valence-corrected chi connectivity index (χ2v) is 6.92. The molecule has 3 heterocycles. The van der Waals surface area contributed by atoms with Gasteiger partial charge in [0, 0.05) is 29.8 Å². The third kappa shape index (κ3) is 1.83. The van der Waals surface area contributed by atoms with Gasteiger partial charge in [0.15, 0.2) is 0 Å². The van der Waals surface area contributed by atoms with Crippen LogP contribution in [0.15, 0.2) is 72.2 Å². The predicted molar refractivity (Wildman–Crippen MR) is 97.1 cm³/mol. The highest BCUT2D eigenvalue weighted by molar-refractivity contribution is 5.84. The first-order valence-electron chi connectivity index (χ1n) is 8.49. The molecule has 0 saturated carbocycles. The van der Waals surface area contributed by atoms with Gasteiger partial charge >= 0.3 is 0 Å². The molecule has 3 aliphatic rings. The Balaban J connectivity index is 1.76. The number of Topliss-reactive ketones (excluding diaryl/α,β-unsaturated/α-hetero) is 1. The number of nitrogens with zero attached hydrogens (tertiary/aromatic N) is 1. The first-order valence-corrected chi connectivity index (χ1v) is 8.49. The summed E-state index contributed by atoms with van der Waals surface area (Å²) in [6.45, 7) is 1.53. The molecule has 25 heavy (non-hydrogen) atoms. The molecule has 2 N–H and O–H groups in total. The van der Waals surface area contributed by atoms with Gasteiger partial charge in [-0.1, -0.05) is 42.5 Å². The van der Waals surface area contributed by atoms with Gasteiger partial charge in [-0.25, -0.2) is 0 Å². The van der Waals surface area contributed by atoms with Gasteiger partial charge in [0.05, 0.1) is 17.1 Å². The van der Waals surface area contributed by atoms with E-state index in [-0.39, 0.29) is 18.1 Å². The lowest BCUT2D eigenvalue weighted by molar-refractivity contribution is -0.120. The molecule has 124 valence electrons. The fourth-order valence-electron chi connectivity index (χ4n) is 4.37. The van der Waals surface area contributed by atoms with E-state index in [9.17, 15) is 9.90 Å². The molecule has 0 fully saturated rings. The molecule has 2 atom stereocenters. The van der Waals surface area contributed by atoms with E-state index in [2.05, 4.69) is 17.5 Å². The summed E-state index contributed by atoms with van der Waals surface area (Å²) < 4.78 is 0. The van der Waals surface area contributed by atoms with Crippen molar-refractivity contribution >= 4 is 17.2 Å². The zero-order valence-corrected chi connectivity index (χ0v) is 13.9. The smallest absolute Gasteiger partial charge is 0.140 e. The molecule has 0 radical (unpaired) electrons. The van der Waals surface area contributed by atoms with Crippen LogP contribution >= 0.6 is 0 Å². The average molecular weight is 330 g/mol. The lowest BCUT2D eigenvalue weighted by atomic mass is 9.84. The number of anilines is 2. The van der Waals surface area contributed by atoms with Crippen LogP contribution in [0.2, 0.25) is 0 Å². The number of para-hydroxylation sites is 2. The van der Waals surface area contributed by atoms with Crippen molar-refractivity contribution in [3.63, 3.8) is 0 Å². The van der Waals surface area contributed by atoms with Crippen LogP contribution in [0.5, 0.6) is 0 Å². The van der Waals surface area contributed by atoms with Crippen LogP contribution < -0.4 is 10.2 Å². The minimum atomic E-state index is -1.31. The first kappa shape index (κ1) is 14.5. The van der Waals surface area contributed by atoms with Crippen molar-refractivity contribution in [3.05, 3.63) is 83.3 Å². The van der Waals surface area contributed by atoms with E-state index in [1.165, 1.54) is 12.5 Å². The standard InChI is InChI=1S/C21H18N2O2/c1-13(24)12-21(25)16-7-3-5-9-18(16)23-11-10-15-14-6-2-4-8-17(14)22-19(15)20(21)23/h2-11,15,22,25H,12H2,1H3. The van der Waals surface area contributed by atoms with Crippen LogP contribution in [-0.4, -0.2) is 10.9 Å². The maximum atomic E-state index is 12.0. The zero-order valence-electron chi connectivity index (χ0n) is 13.9. The number of nitrogens with one attached hydrogen (secondary N) is 1. The highest BCUT2D eigenvalue weighted by Gasteiger charge is 2.50. The molecule has 0 saturated heterocycles. The molecule has 2 aromatic carbocycles. The fraction of sp³-hybridized carbons (Fsp3) is 0.190. The Kier molecular flexibility index (Phi) is 2.80. The summed E-state index contributed by atoms with van der Waals surface area (Å²) in [5.74, 6) is 0.0455. The average Bonchev–Trinajstić information content (AvgIpc) is 3.09. The largest absolute Gasteiger partial charge is 0.378 e. The minimum Gasteiger partial charge on any atom is -0.378 e. The molecule has 0 aliphatic carbocycles. The topological polar surface area (TPSA) is 52.6 Å². The van der Waals surface area contributed by atoms with Crippen LogP contribution in [0.4, 0.5) is 11.4 Å². The van der Waals surface area contributed by atoms with Crippen LogP contribution in [0.3, 0.4) is 0 Å². The second-order valence-electron chi connectivity index (χ2n) is 6.92. The Morgan fingerprint density at radius 1 is 1.20 bits per heavy atom. The number of aliphatic hydroxyl groups is 1. The molecule has 0 aromatic heterocycles. The number of benzene rings is 2. The Morgan fingerprint density at radius 2 is 1.96 bits per heavy atom. The van der Waals surface area contributed by atoms with Crippen molar-refractivity contribution in [2.75, 3.05) is 10.2 Å². The highest BCUT2D eigenvalue weighted by Crippen LogP contribution is 2.55. The van der Waals surface area contributed by atoms with Crippen LogP contribution in [0, 0.1) is 0 Å². The van der Waals surface area contributed by atoms with Gasteiger partial charge in [0.25, 0.3) is 0 Å². The molecular weight excluding hydrogens is 312 g/mol. The molecule has 5 rings (SSSR count). The zero-order chi connectivity index (χ0) is 17.2. The Labute approximate surface area is 146 Å². The molecule has 4 heteroatoms. The maximum Gasteiger partial charge on any atom is 0.140 e. The summed E-state index contributed by atoms with van der Waals surface area (Å²) in [5.41, 5.74) is 4.40. The van der Waals surface area contributed by atoms with E-state index >= 15 is 0 Å². The SMILES string of the molecule is CC(=O)CC1(O)C2=C3Nc4ccccc4C3C=CN2c2ccccc21. The van der Waals surface area contributed by atoms with Gasteiger partial charge in [-0.2, -0.15) is 0 Å². The van der Waals surface area contributed by atoms with Crippen molar-refractivity contribution in [1.82, 2.24) is 0 Å². The predicted octanol–water partition coefficient (Wildman–Crippen LogP) is 3.62. The van der Waals surface area contributed by atoms with Crippen LogP contribution in [-0.2, 0) is 10.4 Å². The highest BCUT2D eigenvalue weighted by atomic mass is 16.3. The van der Waals surface area contributed by atoms with E-state index in [0.29, 0.717) is 0 Å². The quantitative estimate of drug-likeness (QED) is 0.883. The van der Waals surface area contributed by atoms with E-state index in [1.807, 2.05) is 53.6 Å². The van der Waals surface area contributed by atoms with Crippen molar-refractivity contribution in [2.45, 2.75) is 24.9 Å². The van der Waals surface area contributed by atoms with E-state index in [0.717, 1.165) is 28.3 Å². The summed E-state index contributed by atoms with van der Waals surface area (Å²) in [6.07, 6.45) is 4.23. The molecule has 3 aliphatic heterocycles. The number of carbonyl (C=O) groups is 1. The summed E-state index contributed by atoms with van der Waals surface area (Å²) in [4.78, 5) is 14.0. The number of ketones is 1. The molecule has 4 nitrogen and oxygen atoms in total. The Hall–Kier alpha value is -2.85. The molecular formula is C21H18N2O2. The van der Waals surface area contributed by atoms with Gasteiger partial charge < -0.3 is 15.3 Å². The van der Waals surface area contributed by atoms with Crippen molar-refractivity contribution in [3.8, 4) is 0 Å². The molecule has 2 aromatic rings. The third-order valence-electron chi connectivity index (χ3n) is 5.31. The van der Waals surface area contributed by atoms with Gasteiger partial charge in [-0.05, 0) is 24.6 Å². The number of hydrogen-bond acceptors (Lipinski definition) is 4. The monoisotopic (exact) mass is 330 g/mol. The third-order valence-corrected chi connectivity index (χ3v) is 5.31. The normalized spacial score (nSPS) is 25.2. The van der Waals surface area contributed by atoms with Crippen LogP contribution in [0.25, 0.3) is 0 Å². The van der Waals surface area contributed by atoms with Crippen molar-refractivity contribution in [2.24, 2.45) is 0 Å². The van der Waals surface area contributed by atoms with Gasteiger partial charge in [-0.3, -0.25) is 4.79 Å². The van der Waals surface area contributed by atoms with Crippen LogP contribution in [0.1, 0.15) is 30.4 Å². The number of rotatable bonds is 2. The summed E-state index contributed by atoms with van der Waals surface area (Å²) in [5, 5.41) is 15.1. The molecule has 0 spiro atoms. The number of hydrogen-bond donors (Lipinski definition) is 2. The summed E-state index contributed by atoms with van der Waals surface area (Å²) >= 11 is 0. The van der Waals surface area contributed by atoms with E-state index < -0.39 is 5.60 Å². The van der Waals surface area contributed by atoms with E-state index in [4.69, 9.17) is 0 Å². The van der Waals surface area contributed by atoms with Gasteiger partial charge in [0.2, 0.25) is 0 Å². The first-order chi connectivity index (χ1) is 12.1. The maximum absolute atomic E-state index is 12.0. The van der Waals surface area contributed by atoms with Gasteiger partial charge in [0.1, 0.15) is 11.4 Å². The summed E-state index contributed by atoms with van der Waals surface area (Å²) in [7, 11) is 0. The number of allylic oxidation sites excluding steroid dienone is 1. The number of carbonyl (C=O) groups excluding carboxylic acids is 1. The molecule has 0 bridgehead atoms. The summed E-state index contributed by atoms with van der Waals surface area (Å²) in [6, 6.07) is 15.9. The Bertz CT molecular complexity index is 975. The van der Waals surface area contributed by atoms with Gasteiger partial charge in [-0.15, -0.1) is 0 Å². The molecule has 0 amide bonds. The fourth-order valence-corrected chi connectivity index (χ4v) is 4.37. The second kappa shape index (κ2) is 4.83. The van der Waals surface area contributed by atoms with E-state index in [1.54, 1.807) is 0 Å².